The van der Waals surface area contributed by atoms with Crippen LogP contribution < -0.4 is 5.43 Å². The van der Waals surface area contributed by atoms with E-state index in [9.17, 15) is 20.2 Å². The van der Waals surface area contributed by atoms with Crippen molar-refractivity contribution in [3.8, 4) is 0 Å². The number of anilines is 1. The summed E-state index contributed by atoms with van der Waals surface area (Å²) >= 11 is 18.3. The Kier molecular flexibility index (Phi) is 6.14. The molecule has 1 aromatic carbocycles. The van der Waals surface area contributed by atoms with Gasteiger partial charge in [0.1, 0.15) is 5.69 Å². The highest BCUT2D eigenvalue weighted by molar-refractivity contribution is 6.68. The Labute approximate surface area is 169 Å². The van der Waals surface area contributed by atoms with Gasteiger partial charge in [-0.15, -0.1) is 0 Å². The summed E-state index contributed by atoms with van der Waals surface area (Å²) in [7, 11) is 0. The first kappa shape index (κ1) is 21.1. The molecule has 0 spiro atoms. The summed E-state index contributed by atoms with van der Waals surface area (Å²) < 4.78 is -1.55. The third-order valence-electron chi connectivity index (χ3n) is 4.24. The summed E-state index contributed by atoms with van der Waals surface area (Å²) in [5, 5.41) is 26.1. The van der Waals surface area contributed by atoms with Crippen LogP contribution in [0.2, 0.25) is 0 Å². The first-order valence-electron chi connectivity index (χ1n) is 7.73. The van der Waals surface area contributed by atoms with Crippen molar-refractivity contribution in [3.05, 3.63) is 62.2 Å². The third kappa shape index (κ3) is 4.40. The summed E-state index contributed by atoms with van der Waals surface area (Å²) in [6.07, 6.45) is 5.67. The minimum absolute atomic E-state index is 0.0210. The van der Waals surface area contributed by atoms with Gasteiger partial charge in [0.25, 0.3) is 5.69 Å². The molecule has 144 valence electrons. The number of nitro groups is 2. The van der Waals surface area contributed by atoms with Crippen LogP contribution in [-0.4, -0.2) is 19.4 Å². The van der Waals surface area contributed by atoms with Crippen LogP contribution in [0.3, 0.4) is 0 Å². The fourth-order valence-electron chi connectivity index (χ4n) is 2.55. The van der Waals surface area contributed by atoms with Crippen molar-refractivity contribution >= 4 is 57.6 Å². The van der Waals surface area contributed by atoms with E-state index < -0.39 is 24.7 Å². The van der Waals surface area contributed by atoms with Crippen LogP contribution in [-0.2, 0) is 0 Å². The number of non-ortho nitro benzene ring substituents is 1. The van der Waals surface area contributed by atoms with Crippen LogP contribution in [0.25, 0.3) is 0 Å². The van der Waals surface area contributed by atoms with Crippen LogP contribution in [0.4, 0.5) is 17.1 Å². The molecule has 0 radical (unpaired) electrons. The van der Waals surface area contributed by atoms with Crippen molar-refractivity contribution in [1.29, 1.82) is 0 Å². The lowest BCUT2D eigenvalue weighted by molar-refractivity contribution is -0.393. The second-order valence-electron chi connectivity index (χ2n) is 5.92. The number of nitrogens with one attached hydrogen (secondary N) is 1. The molecule has 1 atom stereocenters. The van der Waals surface area contributed by atoms with E-state index in [1.807, 2.05) is 6.92 Å². The van der Waals surface area contributed by atoms with E-state index in [1.54, 1.807) is 25.2 Å². The Balaban J connectivity index is 2.35. The number of allylic oxidation sites excluding steroid dienone is 4. The average Bonchev–Trinajstić information content (AvgIpc) is 2.59. The highest BCUT2D eigenvalue weighted by atomic mass is 35.6. The zero-order chi connectivity index (χ0) is 20.4. The molecule has 27 heavy (non-hydrogen) atoms. The minimum Gasteiger partial charge on any atom is -0.271 e. The Bertz CT molecular complexity index is 877. The predicted octanol–water partition coefficient (Wildman–Crippen LogP) is 5.55. The maximum absolute atomic E-state index is 11.2. The molecule has 0 amide bonds. The second kappa shape index (κ2) is 7.84. The lowest BCUT2D eigenvalue weighted by Crippen LogP contribution is -2.34. The number of nitro benzene ring substituents is 2. The fourth-order valence-corrected chi connectivity index (χ4v) is 3.11. The zero-order valence-corrected chi connectivity index (χ0v) is 16.5. The van der Waals surface area contributed by atoms with Gasteiger partial charge in [0.2, 0.25) is 3.79 Å². The molecule has 1 aliphatic carbocycles. The van der Waals surface area contributed by atoms with Crippen molar-refractivity contribution in [1.82, 2.24) is 0 Å². The molecule has 11 heteroatoms. The first-order chi connectivity index (χ1) is 12.5. The van der Waals surface area contributed by atoms with Crippen molar-refractivity contribution < 1.29 is 9.85 Å². The number of hydrogen-bond acceptors (Lipinski definition) is 6. The van der Waals surface area contributed by atoms with E-state index in [2.05, 4.69) is 10.5 Å². The molecule has 0 fully saturated rings. The zero-order valence-electron chi connectivity index (χ0n) is 14.3. The summed E-state index contributed by atoms with van der Waals surface area (Å²) in [4.78, 5) is 20.5. The van der Waals surface area contributed by atoms with Crippen molar-refractivity contribution in [2.75, 3.05) is 5.43 Å². The number of hydrazone groups is 1. The fraction of sp³-hybridized carbons (Fsp3) is 0.312. The Morgan fingerprint density at radius 3 is 2.41 bits per heavy atom. The van der Waals surface area contributed by atoms with Gasteiger partial charge in [0.05, 0.1) is 27.0 Å². The van der Waals surface area contributed by atoms with E-state index in [1.165, 1.54) is 6.07 Å². The highest BCUT2D eigenvalue weighted by Gasteiger charge is 2.45. The summed E-state index contributed by atoms with van der Waals surface area (Å²) in [6, 6.07) is 3.24. The number of alkyl halides is 3. The van der Waals surface area contributed by atoms with Gasteiger partial charge in [0.15, 0.2) is 0 Å². The van der Waals surface area contributed by atoms with Gasteiger partial charge >= 0.3 is 5.69 Å². The molecule has 0 heterocycles. The molecule has 8 nitrogen and oxygen atoms in total. The smallest absolute Gasteiger partial charge is 0.271 e. The van der Waals surface area contributed by atoms with Crippen molar-refractivity contribution in [3.63, 3.8) is 0 Å². The molecule has 1 aliphatic rings. The van der Waals surface area contributed by atoms with Crippen LogP contribution >= 0.6 is 34.8 Å². The van der Waals surface area contributed by atoms with Crippen molar-refractivity contribution in [2.24, 2.45) is 10.5 Å². The highest BCUT2D eigenvalue weighted by Crippen LogP contribution is 2.52. The second-order valence-corrected chi connectivity index (χ2v) is 8.20. The Morgan fingerprint density at radius 2 is 1.89 bits per heavy atom. The van der Waals surface area contributed by atoms with Gasteiger partial charge < -0.3 is 0 Å². The number of rotatable bonds is 5. The number of nitrogens with zero attached hydrogens (tertiary/aromatic N) is 3. The van der Waals surface area contributed by atoms with E-state index >= 15 is 0 Å². The molecule has 0 saturated heterocycles. The molecule has 0 aliphatic heterocycles. The normalized spacial score (nSPS) is 21.1. The van der Waals surface area contributed by atoms with Crippen LogP contribution in [0.5, 0.6) is 0 Å². The third-order valence-corrected chi connectivity index (χ3v) is 5.42. The maximum atomic E-state index is 11.2. The van der Waals surface area contributed by atoms with Gasteiger partial charge in [-0.25, -0.2) is 0 Å². The molecule has 1 aromatic rings. The molecule has 2 rings (SSSR count). The Hall–Kier alpha value is -2.16. The number of halogens is 3. The quantitative estimate of drug-likeness (QED) is 0.371. The molecule has 0 aromatic heterocycles. The van der Waals surface area contributed by atoms with Gasteiger partial charge in [-0.1, -0.05) is 53.4 Å². The summed E-state index contributed by atoms with van der Waals surface area (Å²) in [5.74, 6) is 0. The molecule has 0 saturated carbocycles. The van der Waals surface area contributed by atoms with Crippen molar-refractivity contribution in [2.45, 2.75) is 24.1 Å². The first-order valence-corrected chi connectivity index (χ1v) is 8.86. The number of benzene rings is 1. The largest absolute Gasteiger partial charge is 0.301 e. The topological polar surface area (TPSA) is 111 Å². The lowest BCUT2D eigenvalue weighted by Gasteiger charge is -2.37. The van der Waals surface area contributed by atoms with Crippen LogP contribution in [0.15, 0.2) is 47.1 Å². The molecular weight excluding hydrogens is 419 g/mol. The predicted molar refractivity (Wildman–Crippen MR) is 107 cm³/mol. The van der Waals surface area contributed by atoms with Gasteiger partial charge in [-0.3, -0.25) is 25.7 Å². The number of hydrogen-bond donors (Lipinski definition) is 1. The maximum Gasteiger partial charge on any atom is 0.301 e. The molecular formula is C16H15Cl3N4O4. The standard InChI is InChI=1S/C16H15Cl3N4O4/c1-3-10-8-11(6-7-15(10,2)16(17,18)19)20-21-13-5-4-12(22(24)25)9-14(13)23(26)27/h4-9,21H,3H2,1-2H3. The summed E-state index contributed by atoms with van der Waals surface area (Å²) in [6.45, 7) is 3.70. The van der Waals surface area contributed by atoms with E-state index in [4.69, 9.17) is 34.8 Å². The Morgan fingerprint density at radius 1 is 1.22 bits per heavy atom. The van der Waals surface area contributed by atoms with E-state index in [-0.39, 0.29) is 11.4 Å². The average molecular weight is 434 g/mol. The van der Waals surface area contributed by atoms with Crippen LogP contribution in [0.1, 0.15) is 20.3 Å². The van der Waals surface area contributed by atoms with Gasteiger partial charge in [0, 0.05) is 6.07 Å². The SMILES string of the molecule is CCC1=CC(=NNc2ccc([N+](=O)[O-])cc2[N+](=O)[O-])C=CC1(C)C(Cl)(Cl)Cl. The summed E-state index contributed by atoms with van der Waals surface area (Å²) in [5.41, 5.74) is 2.22. The van der Waals surface area contributed by atoms with Gasteiger partial charge in [-0.05, 0) is 31.6 Å². The van der Waals surface area contributed by atoms with E-state index in [0.717, 1.165) is 17.7 Å². The lowest BCUT2D eigenvalue weighted by atomic mass is 9.78. The molecule has 1 N–H and O–H groups in total. The minimum atomic E-state index is -1.55. The van der Waals surface area contributed by atoms with Gasteiger partial charge in [-0.2, -0.15) is 5.10 Å². The van der Waals surface area contributed by atoms with E-state index in [0.29, 0.717) is 12.1 Å². The molecule has 0 bridgehead atoms. The molecule has 1 unspecified atom stereocenters. The monoisotopic (exact) mass is 432 g/mol. The van der Waals surface area contributed by atoms with Crippen LogP contribution in [0, 0.1) is 25.6 Å².